The Morgan fingerprint density at radius 2 is 1.72 bits per heavy atom. The van der Waals surface area contributed by atoms with Crippen molar-refractivity contribution in [3.05, 3.63) is 99.1 Å². The van der Waals surface area contributed by atoms with Crippen LogP contribution < -0.4 is 5.32 Å². The van der Waals surface area contributed by atoms with Crippen molar-refractivity contribution < 1.29 is 14.5 Å². The highest BCUT2D eigenvalue weighted by atomic mass is 16.6. The Labute approximate surface area is 184 Å². The zero-order valence-corrected chi connectivity index (χ0v) is 16.9. The standard InChI is InChI=1S/C25H17N3O4/c26-15-18-12-11-17(14-24(18)28(30)31)6-5-13-27-25(29)32-16-23-21-9-3-1-7-19(21)20-8-2-4-10-22(20)23/h1-4,7-12,14,23H,13,16H2,(H,27,29). The van der Waals surface area contributed by atoms with Gasteiger partial charge in [-0.05, 0) is 34.4 Å². The molecule has 0 aliphatic heterocycles. The van der Waals surface area contributed by atoms with Crippen LogP contribution in [0.2, 0.25) is 0 Å². The lowest BCUT2D eigenvalue weighted by Crippen LogP contribution is -2.26. The van der Waals surface area contributed by atoms with Crippen LogP contribution in [0.4, 0.5) is 10.5 Å². The minimum absolute atomic E-state index is 0.0183. The van der Waals surface area contributed by atoms with Crippen molar-refractivity contribution in [2.75, 3.05) is 13.2 Å². The number of fused-ring (bicyclic) bond motifs is 3. The molecule has 7 nitrogen and oxygen atoms in total. The first-order valence-corrected chi connectivity index (χ1v) is 9.84. The van der Waals surface area contributed by atoms with E-state index in [0.717, 1.165) is 22.3 Å². The number of carbonyl (C=O) groups is 1. The molecular formula is C25H17N3O4. The largest absolute Gasteiger partial charge is 0.449 e. The zero-order chi connectivity index (χ0) is 22.5. The Bertz CT molecular complexity index is 1270. The van der Waals surface area contributed by atoms with Gasteiger partial charge in [-0.25, -0.2) is 4.79 Å². The van der Waals surface area contributed by atoms with Gasteiger partial charge in [0.15, 0.2) is 0 Å². The Balaban J connectivity index is 1.35. The van der Waals surface area contributed by atoms with Gasteiger partial charge in [0.1, 0.15) is 18.2 Å². The Kier molecular flexibility index (Phi) is 5.83. The lowest BCUT2D eigenvalue weighted by Gasteiger charge is -2.14. The average Bonchev–Trinajstić information content (AvgIpc) is 3.14. The van der Waals surface area contributed by atoms with Gasteiger partial charge in [0.25, 0.3) is 5.69 Å². The van der Waals surface area contributed by atoms with Gasteiger partial charge in [0.05, 0.1) is 11.5 Å². The monoisotopic (exact) mass is 423 g/mol. The number of rotatable bonds is 4. The molecule has 3 aromatic carbocycles. The van der Waals surface area contributed by atoms with Crippen LogP contribution in [0.5, 0.6) is 0 Å². The number of nitrogens with one attached hydrogen (secondary N) is 1. The van der Waals surface area contributed by atoms with Crippen molar-refractivity contribution in [1.29, 1.82) is 5.26 Å². The number of carbonyl (C=O) groups excluding carboxylic acids is 1. The highest BCUT2D eigenvalue weighted by Crippen LogP contribution is 2.44. The second kappa shape index (κ2) is 9.03. The van der Waals surface area contributed by atoms with Gasteiger partial charge in [-0.1, -0.05) is 60.4 Å². The smallest absolute Gasteiger partial charge is 0.407 e. The second-order valence-electron chi connectivity index (χ2n) is 7.08. The molecule has 0 aromatic heterocycles. The van der Waals surface area contributed by atoms with Crippen LogP contribution in [0.3, 0.4) is 0 Å². The third kappa shape index (κ3) is 4.14. The summed E-state index contributed by atoms with van der Waals surface area (Å²) in [6, 6.07) is 22.0. The minimum atomic E-state index is -0.626. The van der Waals surface area contributed by atoms with E-state index in [4.69, 9.17) is 10.00 Å². The molecule has 0 radical (unpaired) electrons. The van der Waals surface area contributed by atoms with Crippen LogP contribution in [-0.2, 0) is 4.74 Å². The van der Waals surface area contributed by atoms with Crippen LogP contribution in [0.1, 0.15) is 28.2 Å². The molecule has 7 heteroatoms. The quantitative estimate of drug-likeness (QED) is 0.381. The zero-order valence-electron chi connectivity index (χ0n) is 16.9. The Morgan fingerprint density at radius 1 is 1.06 bits per heavy atom. The maximum atomic E-state index is 12.1. The molecule has 0 heterocycles. The molecule has 1 N–H and O–H groups in total. The molecule has 3 aromatic rings. The summed E-state index contributed by atoms with van der Waals surface area (Å²) in [5, 5.41) is 22.5. The predicted molar refractivity (Wildman–Crippen MR) is 118 cm³/mol. The topological polar surface area (TPSA) is 105 Å². The summed E-state index contributed by atoms with van der Waals surface area (Å²) >= 11 is 0. The first kappa shape index (κ1) is 20.6. The molecule has 0 unspecified atom stereocenters. The van der Waals surface area contributed by atoms with Gasteiger partial charge in [0, 0.05) is 17.5 Å². The van der Waals surface area contributed by atoms with Crippen LogP contribution in [-0.4, -0.2) is 24.2 Å². The van der Waals surface area contributed by atoms with E-state index < -0.39 is 11.0 Å². The Morgan fingerprint density at radius 3 is 2.34 bits per heavy atom. The fourth-order valence-electron chi connectivity index (χ4n) is 3.77. The minimum Gasteiger partial charge on any atom is -0.449 e. The molecule has 4 rings (SSSR count). The van der Waals surface area contributed by atoms with Gasteiger partial charge in [-0.2, -0.15) is 5.26 Å². The number of nitrogens with zero attached hydrogens (tertiary/aromatic N) is 2. The van der Waals surface area contributed by atoms with E-state index in [-0.39, 0.29) is 30.3 Å². The molecule has 156 valence electrons. The molecule has 1 aliphatic rings. The maximum Gasteiger partial charge on any atom is 0.407 e. The molecule has 0 saturated carbocycles. The summed E-state index contributed by atoms with van der Waals surface area (Å²) < 4.78 is 5.43. The lowest BCUT2D eigenvalue weighted by atomic mass is 9.98. The van der Waals surface area contributed by atoms with Crippen molar-refractivity contribution in [2.24, 2.45) is 0 Å². The number of benzene rings is 3. The first-order chi connectivity index (χ1) is 15.6. The van der Waals surface area contributed by atoms with Gasteiger partial charge < -0.3 is 10.1 Å². The highest BCUT2D eigenvalue weighted by Gasteiger charge is 2.28. The molecule has 32 heavy (non-hydrogen) atoms. The normalized spacial score (nSPS) is 11.3. The van der Waals surface area contributed by atoms with Crippen LogP contribution in [0, 0.1) is 33.3 Å². The fourth-order valence-corrected chi connectivity index (χ4v) is 3.77. The number of amides is 1. The van der Waals surface area contributed by atoms with Gasteiger partial charge in [-0.3, -0.25) is 10.1 Å². The molecule has 1 aliphatic carbocycles. The number of nitro groups is 1. The van der Waals surface area contributed by atoms with Gasteiger partial charge in [-0.15, -0.1) is 0 Å². The molecule has 0 atom stereocenters. The summed E-state index contributed by atoms with van der Waals surface area (Å²) in [7, 11) is 0. The van der Waals surface area contributed by atoms with Crippen molar-refractivity contribution in [2.45, 2.75) is 5.92 Å². The average molecular weight is 423 g/mol. The van der Waals surface area contributed by atoms with Crippen molar-refractivity contribution in [3.63, 3.8) is 0 Å². The van der Waals surface area contributed by atoms with Crippen molar-refractivity contribution in [1.82, 2.24) is 5.32 Å². The van der Waals surface area contributed by atoms with E-state index in [1.165, 1.54) is 18.2 Å². The van der Waals surface area contributed by atoms with E-state index in [2.05, 4.69) is 29.3 Å². The summed E-state index contributed by atoms with van der Waals surface area (Å²) in [5.74, 6) is 5.43. The number of nitro benzene ring substituents is 1. The van der Waals surface area contributed by atoms with E-state index >= 15 is 0 Å². The number of alkyl carbamates (subject to hydrolysis) is 1. The number of hydrogen-bond acceptors (Lipinski definition) is 5. The number of nitriles is 1. The molecular weight excluding hydrogens is 406 g/mol. The van der Waals surface area contributed by atoms with E-state index in [1.807, 2.05) is 36.4 Å². The van der Waals surface area contributed by atoms with Crippen LogP contribution >= 0.6 is 0 Å². The third-order valence-corrected chi connectivity index (χ3v) is 5.21. The summed E-state index contributed by atoms with van der Waals surface area (Å²) in [6.45, 7) is 0.222. The van der Waals surface area contributed by atoms with E-state index in [0.29, 0.717) is 5.56 Å². The number of ether oxygens (including phenoxy) is 1. The first-order valence-electron chi connectivity index (χ1n) is 9.84. The van der Waals surface area contributed by atoms with E-state index in [1.54, 1.807) is 6.07 Å². The third-order valence-electron chi connectivity index (χ3n) is 5.21. The predicted octanol–water partition coefficient (Wildman–Crippen LogP) is 4.36. The highest BCUT2D eigenvalue weighted by molar-refractivity contribution is 5.79. The molecule has 0 fully saturated rings. The molecule has 0 saturated heterocycles. The van der Waals surface area contributed by atoms with Crippen LogP contribution in [0.15, 0.2) is 66.7 Å². The second-order valence-corrected chi connectivity index (χ2v) is 7.08. The number of hydrogen-bond donors (Lipinski definition) is 1. The summed E-state index contributed by atoms with van der Waals surface area (Å²) in [5.41, 5.74) is 4.61. The van der Waals surface area contributed by atoms with Crippen molar-refractivity contribution >= 4 is 11.8 Å². The van der Waals surface area contributed by atoms with E-state index in [9.17, 15) is 14.9 Å². The fraction of sp³-hybridized carbons (Fsp3) is 0.120. The summed E-state index contributed by atoms with van der Waals surface area (Å²) in [6.07, 6.45) is -0.591. The summed E-state index contributed by atoms with van der Waals surface area (Å²) in [4.78, 5) is 22.5. The van der Waals surface area contributed by atoms with Crippen molar-refractivity contribution in [3.8, 4) is 29.0 Å². The maximum absolute atomic E-state index is 12.1. The van der Waals surface area contributed by atoms with Gasteiger partial charge >= 0.3 is 6.09 Å². The van der Waals surface area contributed by atoms with Crippen LogP contribution in [0.25, 0.3) is 11.1 Å². The van der Waals surface area contributed by atoms with Gasteiger partial charge in [0.2, 0.25) is 0 Å². The SMILES string of the molecule is N#Cc1ccc(C#CCNC(=O)OCC2c3ccccc3-c3ccccc32)cc1[N+](=O)[O-]. The molecule has 0 spiro atoms. The lowest BCUT2D eigenvalue weighted by molar-refractivity contribution is -0.385. The molecule has 0 bridgehead atoms. The Hall–Kier alpha value is -4.62. The molecule has 1 amide bonds.